The molecule has 2 rings (SSSR count). The number of anilines is 2. The highest BCUT2D eigenvalue weighted by atomic mass is 19.1. The number of hydrogen-bond donors (Lipinski definition) is 4. The zero-order chi connectivity index (χ0) is 21.4. The predicted molar refractivity (Wildman–Crippen MR) is 111 cm³/mol. The smallest absolute Gasteiger partial charge is 0.319 e. The number of rotatable bonds is 8. The molecule has 0 saturated carbocycles. The lowest BCUT2D eigenvalue weighted by Gasteiger charge is -2.26. The summed E-state index contributed by atoms with van der Waals surface area (Å²) in [5, 5.41) is 18.4. The highest BCUT2D eigenvalue weighted by Crippen LogP contribution is 2.22. The van der Waals surface area contributed by atoms with Crippen molar-refractivity contribution in [3.63, 3.8) is 0 Å². The third-order valence-electron chi connectivity index (χ3n) is 4.25. The second-order valence-electron chi connectivity index (χ2n) is 7.09. The molecule has 8 heteroatoms. The van der Waals surface area contributed by atoms with Crippen molar-refractivity contribution in [1.82, 2.24) is 10.2 Å². The zero-order valence-electron chi connectivity index (χ0n) is 16.8. The second kappa shape index (κ2) is 10.5. The van der Waals surface area contributed by atoms with Gasteiger partial charge in [0.05, 0.1) is 11.8 Å². The predicted octanol–water partition coefficient (Wildman–Crippen LogP) is 2.82. The van der Waals surface area contributed by atoms with Crippen LogP contribution < -0.4 is 16.0 Å². The number of nitrogens with one attached hydrogen (secondary N) is 3. The van der Waals surface area contributed by atoms with Crippen molar-refractivity contribution in [3.05, 3.63) is 59.9 Å². The Kier molecular flexibility index (Phi) is 8.11. The quantitative estimate of drug-likeness (QED) is 0.546. The number of benzene rings is 2. The maximum Gasteiger partial charge on any atom is 0.319 e. The Labute approximate surface area is 169 Å². The summed E-state index contributed by atoms with van der Waals surface area (Å²) in [6.07, 6.45) is -0.740. The highest BCUT2D eigenvalue weighted by molar-refractivity contribution is 5.92. The van der Waals surface area contributed by atoms with Crippen LogP contribution in [0.25, 0.3) is 0 Å². The molecule has 2 aromatic carbocycles. The summed E-state index contributed by atoms with van der Waals surface area (Å²) < 4.78 is 13.7. The molecule has 0 aliphatic heterocycles. The van der Waals surface area contributed by atoms with E-state index in [9.17, 15) is 19.1 Å². The summed E-state index contributed by atoms with van der Waals surface area (Å²) in [4.78, 5) is 25.4. The van der Waals surface area contributed by atoms with Gasteiger partial charge < -0.3 is 26.0 Å². The summed E-state index contributed by atoms with van der Waals surface area (Å²) in [6.45, 7) is 2.08. The van der Waals surface area contributed by atoms with Crippen molar-refractivity contribution in [2.45, 2.75) is 13.0 Å². The van der Waals surface area contributed by atoms with Gasteiger partial charge in [-0.25, -0.2) is 9.18 Å². The minimum atomic E-state index is -0.740. The van der Waals surface area contributed by atoms with Gasteiger partial charge >= 0.3 is 6.03 Å². The molecule has 0 aliphatic carbocycles. The van der Waals surface area contributed by atoms with E-state index in [2.05, 4.69) is 16.0 Å². The second-order valence-corrected chi connectivity index (χ2v) is 7.09. The summed E-state index contributed by atoms with van der Waals surface area (Å²) >= 11 is 0. The topological polar surface area (TPSA) is 93.7 Å². The Morgan fingerprint density at radius 1 is 1.10 bits per heavy atom. The van der Waals surface area contributed by atoms with E-state index in [0.29, 0.717) is 12.2 Å². The first-order valence-electron chi connectivity index (χ1n) is 9.26. The molecule has 7 nitrogen and oxygen atoms in total. The number of urea groups is 1. The molecule has 0 spiro atoms. The molecule has 156 valence electrons. The first-order valence-corrected chi connectivity index (χ1v) is 9.26. The first-order chi connectivity index (χ1) is 13.8. The molecule has 0 heterocycles. The normalized spacial score (nSPS) is 12.9. The average Bonchev–Trinajstić information content (AvgIpc) is 2.67. The summed E-state index contributed by atoms with van der Waals surface area (Å²) in [6, 6.07) is 12.7. The lowest BCUT2D eigenvalue weighted by molar-refractivity contribution is -0.114. The molecule has 0 aromatic heterocycles. The number of hydrogen-bond acceptors (Lipinski definition) is 4. The van der Waals surface area contributed by atoms with Crippen LogP contribution in [0.5, 0.6) is 0 Å². The Morgan fingerprint density at radius 2 is 1.79 bits per heavy atom. The van der Waals surface area contributed by atoms with Crippen LogP contribution in [0.2, 0.25) is 0 Å². The van der Waals surface area contributed by atoms with Crippen LogP contribution in [0.3, 0.4) is 0 Å². The maximum atomic E-state index is 13.7. The van der Waals surface area contributed by atoms with Crippen molar-refractivity contribution in [3.8, 4) is 0 Å². The number of aliphatic hydroxyl groups excluding tert-OH is 1. The lowest BCUT2D eigenvalue weighted by Crippen LogP contribution is -2.39. The standard InChI is InChI=1S/C21H27FN4O3/c1-14(27)24-19-11-17(9-10-18(19)22)25-21(29)23-12-16(13-26(2)3)20(28)15-7-5-4-6-8-15/h4-11,16,20,28H,12-13H2,1-3H3,(H,24,27)(H2,23,25,29)/t16-,20-/m0/s1. The molecule has 0 saturated heterocycles. The fourth-order valence-corrected chi connectivity index (χ4v) is 2.95. The summed E-state index contributed by atoms with van der Waals surface area (Å²) in [7, 11) is 3.79. The minimum Gasteiger partial charge on any atom is -0.388 e. The molecule has 0 fully saturated rings. The monoisotopic (exact) mass is 402 g/mol. The van der Waals surface area contributed by atoms with Gasteiger partial charge in [0.15, 0.2) is 0 Å². The van der Waals surface area contributed by atoms with E-state index in [1.165, 1.54) is 19.1 Å². The molecule has 2 aromatic rings. The molecule has 4 N–H and O–H groups in total. The van der Waals surface area contributed by atoms with Gasteiger partial charge in [-0.1, -0.05) is 30.3 Å². The van der Waals surface area contributed by atoms with Crippen LogP contribution in [0, 0.1) is 11.7 Å². The van der Waals surface area contributed by atoms with Crippen LogP contribution in [0.1, 0.15) is 18.6 Å². The first kappa shape index (κ1) is 22.3. The van der Waals surface area contributed by atoms with E-state index in [-0.39, 0.29) is 18.2 Å². The van der Waals surface area contributed by atoms with E-state index in [4.69, 9.17) is 0 Å². The van der Waals surface area contributed by atoms with Crippen molar-refractivity contribution < 1.29 is 19.1 Å². The zero-order valence-corrected chi connectivity index (χ0v) is 16.8. The third-order valence-corrected chi connectivity index (χ3v) is 4.25. The van der Waals surface area contributed by atoms with Crippen LogP contribution in [0.15, 0.2) is 48.5 Å². The van der Waals surface area contributed by atoms with Crippen molar-refractivity contribution in [1.29, 1.82) is 0 Å². The Hall–Kier alpha value is -2.97. The molecule has 0 bridgehead atoms. The van der Waals surface area contributed by atoms with Gasteiger partial charge in [0.2, 0.25) is 5.91 Å². The largest absolute Gasteiger partial charge is 0.388 e. The van der Waals surface area contributed by atoms with Crippen LogP contribution >= 0.6 is 0 Å². The third kappa shape index (κ3) is 7.17. The molecule has 2 atom stereocenters. The molecular weight excluding hydrogens is 375 g/mol. The number of amides is 3. The van der Waals surface area contributed by atoms with Gasteiger partial charge in [0, 0.05) is 31.6 Å². The number of aliphatic hydroxyl groups is 1. The number of nitrogens with zero attached hydrogens (tertiary/aromatic N) is 1. The number of carbonyl (C=O) groups excluding carboxylic acids is 2. The van der Waals surface area contributed by atoms with Gasteiger partial charge in [-0.15, -0.1) is 0 Å². The maximum absolute atomic E-state index is 13.7. The van der Waals surface area contributed by atoms with E-state index in [1.54, 1.807) is 0 Å². The fraction of sp³-hybridized carbons (Fsp3) is 0.333. The number of halogens is 1. The van der Waals surface area contributed by atoms with Crippen molar-refractivity contribution in [2.24, 2.45) is 5.92 Å². The van der Waals surface area contributed by atoms with Gasteiger partial charge in [-0.05, 0) is 37.9 Å². The molecule has 0 unspecified atom stereocenters. The SMILES string of the molecule is CC(=O)Nc1cc(NC(=O)NC[C@@H](CN(C)C)[C@@H](O)c2ccccc2)ccc1F. The number of carbonyl (C=O) groups is 2. The lowest BCUT2D eigenvalue weighted by atomic mass is 9.95. The minimum absolute atomic E-state index is 0.0136. The Balaban J connectivity index is 2.00. The summed E-state index contributed by atoms with van der Waals surface area (Å²) in [5.74, 6) is -1.24. The van der Waals surface area contributed by atoms with Gasteiger partial charge in [-0.3, -0.25) is 4.79 Å². The molecular formula is C21H27FN4O3. The van der Waals surface area contributed by atoms with E-state index >= 15 is 0 Å². The molecule has 29 heavy (non-hydrogen) atoms. The van der Waals surface area contributed by atoms with E-state index in [0.717, 1.165) is 11.6 Å². The molecule has 0 aliphatic rings. The Morgan fingerprint density at radius 3 is 2.41 bits per heavy atom. The molecule has 0 radical (unpaired) electrons. The van der Waals surface area contributed by atoms with Crippen LogP contribution in [-0.4, -0.2) is 49.1 Å². The fourth-order valence-electron chi connectivity index (χ4n) is 2.95. The average molecular weight is 402 g/mol. The van der Waals surface area contributed by atoms with Crippen molar-refractivity contribution >= 4 is 23.3 Å². The van der Waals surface area contributed by atoms with E-state index < -0.39 is 23.9 Å². The van der Waals surface area contributed by atoms with E-state index in [1.807, 2.05) is 49.3 Å². The van der Waals surface area contributed by atoms with Gasteiger partial charge in [0.1, 0.15) is 5.82 Å². The highest BCUT2D eigenvalue weighted by Gasteiger charge is 2.22. The summed E-state index contributed by atoms with van der Waals surface area (Å²) in [5.41, 5.74) is 1.10. The Bertz CT molecular complexity index is 830. The van der Waals surface area contributed by atoms with Gasteiger partial charge in [0.25, 0.3) is 0 Å². The van der Waals surface area contributed by atoms with Crippen LogP contribution in [-0.2, 0) is 4.79 Å². The van der Waals surface area contributed by atoms with Crippen molar-refractivity contribution in [2.75, 3.05) is 37.8 Å². The van der Waals surface area contributed by atoms with Gasteiger partial charge in [-0.2, -0.15) is 0 Å². The van der Waals surface area contributed by atoms with Crippen LogP contribution in [0.4, 0.5) is 20.6 Å². The molecule has 3 amide bonds.